The summed E-state index contributed by atoms with van der Waals surface area (Å²) in [4.78, 5) is 2.63. The van der Waals surface area contributed by atoms with E-state index in [-0.39, 0.29) is 6.61 Å². The smallest absolute Gasteiger partial charge is 0.0463 e. The lowest BCUT2D eigenvalue weighted by Gasteiger charge is -2.34. The molecule has 0 amide bonds. The molecule has 1 fully saturated rings. The molecule has 0 spiro atoms. The van der Waals surface area contributed by atoms with E-state index >= 15 is 0 Å². The van der Waals surface area contributed by atoms with Crippen molar-refractivity contribution >= 4 is 5.69 Å². The number of benzene rings is 1. The van der Waals surface area contributed by atoms with E-state index in [2.05, 4.69) is 36.1 Å². The van der Waals surface area contributed by atoms with Crippen molar-refractivity contribution in [3.63, 3.8) is 0 Å². The van der Waals surface area contributed by atoms with Crippen molar-refractivity contribution in [2.45, 2.75) is 51.0 Å². The number of fused-ring (bicyclic) bond motifs is 1. The SMILES string of the molecule is CC(CO)C1CN(C2CCCCC2)c2ccccc21. The molecule has 2 unspecified atom stereocenters. The number of hydrogen-bond acceptors (Lipinski definition) is 2. The molecular formula is C17H25NO. The Bertz CT molecular complexity index is 425. The summed E-state index contributed by atoms with van der Waals surface area (Å²) in [7, 11) is 0. The monoisotopic (exact) mass is 259 g/mol. The average Bonchev–Trinajstić information content (AvgIpc) is 2.87. The summed E-state index contributed by atoms with van der Waals surface area (Å²) in [5, 5.41) is 9.50. The second-order valence-corrected chi connectivity index (χ2v) is 6.27. The molecule has 1 aliphatic heterocycles. The predicted molar refractivity (Wildman–Crippen MR) is 79.7 cm³/mol. The highest BCUT2D eigenvalue weighted by atomic mass is 16.3. The number of rotatable bonds is 3. The second-order valence-electron chi connectivity index (χ2n) is 6.27. The summed E-state index contributed by atoms with van der Waals surface area (Å²) >= 11 is 0. The van der Waals surface area contributed by atoms with Crippen LogP contribution in [0.2, 0.25) is 0 Å². The second kappa shape index (κ2) is 5.54. The Balaban J connectivity index is 1.87. The van der Waals surface area contributed by atoms with Crippen LogP contribution in [-0.2, 0) is 0 Å². The van der Waals surface area contributed by atoms with Crippen LogP contribution in [0.5, 0.6) is 0 Å². The number of anilines is 1. The number of para-hydroxylation sites is 1. The largest absolute Gasteiger partial charge is 0.396 e. The summed E-state index contributed by atoms with van der Waals surface area (Å²) in [5.41, 5.74) is 2.88. The molecule has 1 heterocycles. The lowest BCUT2D eigenvalue weighted by molar-refractivity contribution is 0.218. The third-order valence-corrected chi connectivity index (χ3v) is 5.03. The molecule has 19 heavy (non-hydrogen) atoms. The highest BCUT2D eigenvalue weighted by molar-refractivity contribution is 5.61. The van der Waals surface area contributed by atoms with Gasteiger partial charge in [0, 0.05) is 30.8 Å². The molecule has 0 radical (unpaired) electrons. The lowest BCUT2D eigenvalue weighted by atomic mass is 9.89. The van der Waals surface area contributed by atoms with Gasteiger partial charge in [0.15, 0.2) is 0 Å². The first-order valence-electron chi connectivity index (χ1n) is 7.77. The van der Waals surface area contributed by atoms with E-state index in [1.807, 2.05) is 0 Å². The fourth-order valence-electron chi connectivity index (χ4n) is 3.82. The number of nitrogens with zero attached hydrogens (tertiary/aromatic N) is 1. The van der Waals surface area contributed by atoms with Gasteiger partial charge in [0.1, 0.15) is 0 Å². The van der Waals surface area contributed by atoms with Crippen molar-refractivity contribution in [3.8, 4) is 0 Å². The van der Waals surface area contributed by atoms with Gasteiger partial charge in [-0.05, 0) is 30.4 Å². The molecule has 0 saturated heterocycles. The van der Waals surface area contributed by atoms with E-state index in [1.165, 1.54) is 43.4 Å². The first-order valence-corrected chi connectivity index (χ1v) is 7.77. The van der Waals surface area contributed by atoms with Crippen LogP contribution in [0, 0.1) is 5.92 Å². The van der Waals surface area contributed by atoms with Crippen molar-refractivity contribution in [3.05, 3.63) is 29.8 Å². The molecule has 1 saturated carbocycles. The van der Waals surface area contributed by atoms with Gasteiger partial charge in [-0.3, -0.25) is 0 Å². The van der Waals surface area contributed by atoms with E-state index in [4.69, 9.17) is 0 Å². The average molecular weight is 259 g/mol. The van der Waals surface area contributed by atoms with Crippen LogP contribution in [0.3, 0.4) is 0 Å². The Morgan fingerprint density at radius 1 is 1.21 bits per heavy atom. The third kappa shape index (κ3) is 2.38. The Labute approximate surface area is 116 Å². The van der Waals surface area contributed by atoms with Crippen LogP contribution < -0.4 is 4.90 Å². The van der Waals surface area contributed by atoms with E-state index in [0.717, 1.165) is 12.6 Å². The standard InChI is InChI=1S/C17H25NO/c1-13(12-19)16-11-18(14-7-3-2-4-8-14)17-10-6-5-9-15(16)17/h5-6,9-10,13-14,16,19H,2-4,7-8,11-12H2,1H3. The lowest BCUT2D eigenvalue weighted by Crippen LogP contribution is -2.36. The van der Waals surface area contributed by atoms with Gasteiger partial charge in [-0.25, -0.2) is 0 Å². The van der Waals surface area contributed by atoms with Crippen LogP contribution >= 0.6 is 0 Å². The Morgan fingerprint density at radius 2 is 1.95 bits per heavy atom. The Morgan fingerprint density at radius 3 is 2.68 bits per heavy atom. The maximum atomic E-state index is 9.50. The van der Waals surface area contributed by atoms with Gasteiger partial charge >= 0.3 is 0 Å². The molecule has 1 N–H and O–H groups in total. The van der Waals surface area contributed by atoms with Gasteiger partial charge in [0.05, 0.1) is 0 Å². The number of hydrogen-bond donors (Lipinski definition) is 1. The van der Waals surface area contributed by atoms with Crippen molar-refractivity contribution in [1.29, 1.82) is 0 Å². The molecule has 104 valence electrons. The van der Waals surface area contributed by atoms with Crippen LogP contribution in [0.4, 0.5) is 5.69 Å². The zero-order valence-corrected chi connectivity index (χ0v) is 11.9. The minimum Gasteiger partial charge on any atom is -0.396 e. The molecule has 2 nitrogen and oxygen atoms in total. The number of aliphatic hydroxyl groups is 1. The van der Waals surface area contributed by atoms with Crippen LogP contribution in [0.25, 0.3) is 0 Å². The van der Waals surface area contributed by atoms with Gasteiger partial charge in [-0.2, -0.15) is 0 Å². The van der Waals surface area contributed by atoms with Crippen molar-refractivity contribution in [2.75, 3.05) is 18.1 Å². The first-order chi connectivity index (χ1) is 9.31. The van der Waals surface area contributed by atoms with Crippen LogP contribution in [0.15, 0.2) is 24.3 Å². The van der Waals surface area contributed by atoms with Gasteiger partial charge < -0.3 is 10.0 Å². The maximum absolute atomic E-state index is 9.50. The molecular weight excluding hydrogens is 234 g/mol. The van der Waals surface area contributed by atoms with Crippen molar-refractivity contribution in [2.24, 2.45) is 5.92 Å². The fraction of sp³-hybridized carbons (Fsp3) is 0.647. The maximum Gasteiger partial charge on any atom is 0.0463 e. The van der Waals surface area contributed by atoms with Crippen LogP contribution in [0.1, 0.15) is 50.5 Å². The minimum absolute atomic E-state index is 0.289. The molecule has 1 aromatic carbocycles. The minimum atomic E-state index is 0.289. The molecule has 1 aliphatic carbocycles. The van der Waals surface area contributed by atoms with E-state index in [0.29, 0.717) is 11.8 Å². The third-order valence-electron chi connectivity index (χ3n) is 5.03. The normalized spacial score (nSPS) is 25.4. The summed E-state index contributed by atoms with van der Waals surface area (Å²) in [5.74, 6) is 0.859. The van der Waals surface area contributed by atoms with Crippen molar-refractivity contribution < 1.29 is 5.11 Å². The van der Waals surface area contributed by atoms with Crippen LogP contribution in [-0.4, -0.2) is 24.3 Å². The quantitative estimate of drug-likeness (QED) is 0.897. The molecule has 2 atom stereocenters. The molecule has 2 aliphatic rings. The van der Waals surface area contributed by atoms with E-state index < -0.39 is 0 Å². The van der Waals surface area contributed by atoms with E-state index in [9.17, 15) is 5.11 Å². The summed E-state index contributed by atoms with van der Waals surface area (Å²) in [6, 6.07) is 9.55. The summed E-state index contributed by atoms with van der Waals surface area (Å²) in [6.45, 7) is 3.56. The fourth-order valence-corrected chi connectivity index (χ4v) is 3.82. The van der Waals surface area contributed by atoms with Crippen molar-refractivity contribution in [1.82, 2.24) is 0 Å². The molecule has 2 heteroatoms. The predicted octanol–water partition coefficient (Wildman–Crippen LogP) is 3.55. The topological polar surface area (TPSA) is 23.5 Å². The molecule has 3 rings (SSSR count). The summed E-state index contributed by atoms with van der Waals surface area (Å²) in [6.07, 6.45) is 6.85. The summed E-state index contributed by atoms with van der Waals surface area (Å²) < 4.78 is 0. The zero-order chi connectivity index (χ0) is 13.2. The Hall–Kier alpha value is -1.02. The molecule has 1 aromatic rings. The Kier molecular flexibility index (Phi) is 3.79. The zero-order valence-electron chi connectivity index (χ0n) is 11.9. The first kappa shape index (κ1) is 13.0. The highest BCUT2D eigenvalue weighted by Gasteiger charge is 2.35. The molecule has 0 bridgehead atoms. The number of aliphatic hydroxyl groups excluding tert-OH is 1. The highest BCUT2D eigenvalue weighted by Crippen LogP contribution is 2.43. The van der Waals surface area contributed by atoms with E-state index in [1.54, 1.807) is 0 Å². The van der Waals surface area contributed by atoms with Gasteiger partial charge in [0.2, 0.25) is 0 Å². The van der Waals surface area contributed by atoms with Gasteiger partial charge in [-0.15, -0.1) is 0 Å². The van der Waals surface area contributed by atoms with Gasteiger partial charge in [-0.1, -0.05) is 44.4 Å². The van der Waals surface area contributed by atoms with Gasteiger partial charge in [0.25, 0.3) is 0 Å². The molecule has 0 aromatic heterocycles.